The summed E-state index contributed by atoms with van der Waals surface area (Å²) in [6, 6.07) is 10.0. The fourth-order valence-electron chi connectivity index (χ4n) is 4.92. The van der Waals surface area contributed by atoms with Gasteiger partial charge in [0.1, 0.15) is 11.6 Å². The van der Waals surface area contributed by atoms with Crippen LogP contribution < -0.4 is 10.6 Å². The van der Waals surface area contributed by atoms with Crippen LogP contribution in [-0.4, -0.2) is 41.1 Å². The summed E-state index contributed by atoms with van der Waals surface area (Å²) < 4.78 is 5.49. The van der Waals surface area contributed by atoms with Crippen LogP contribution in [0.1, 0.15) is 67.6 Å². The maximum Gasteiger partial charge on any atom is 0.223 e. The smallest absolute Gasteiger partial charge is 0.223 e. The average molecular weight is 448 g/mol. The van der Waals surface area contributed by atoms with Crippen LogP contribution in [-0.2, 0) is 16.0 Å². The van der Waals surface area contributed by atoms with Crippen LogP contribution >= 0.6 is 0 Å². The number of aromatic amines is 1. The molecule has 2 heterocycles. The van der Waals surface area contributed by atoms with Crippen molar-refractivity contribution in [1.29, 1.82) is 0 Å². The summed E-state index contributed by atoms with van der Waals surface area (Å²) in [6.07, 6.45) is 8.87. The second kappa shape index (κ2) is 9.51. The molecule has 5 rings (SSSR count). The van der Waals surface area contributed by atoms with E-state index in [1.165, 1.54) is 10.9 Å². The summed E-state index contributed by atoms with van der Waals surface area (Å²) in [6.45, 7) is 0. The third-order valence-corrected chi connectivity index (χ3v) is 7.11. The number of ether oxygens (including phenoxy) is 1. The predicted octanol–water partition coefficient (Wildman–Crippen LogP) is 4.48. The van der Waals surface area contributed by atoms with Gasteiger partial charge >= 0.3 is 0 Å². The van der Waals surface area contributed by atoms with E-state index >= 15 is 0 Å². The number of carbonyl (C=O) groups is 1. The zero-order valence-corrected chi connectivity index (χ0v) is 19.4. The van der Waals surface area contributed by atoms with Gasteiger partial charge in [-0.3, -0.25) is 4.79 Å². The third kappa shape index (κ3) is 4.88. The number of aromatic nitrogens is 3. The molecule has 2 aromatic heterocycles. The first-order valence-electron chi connectivity index (χ1n) is 12.1. The van der Waals surface area contributed by atoms with Crippen LogP contribution in [0, 0.1) is 5.92 Å². The molecular weight excluding hydrogens is 414 g/mol. The standard InChI is InChI=1S/C26H33N5O2/c1-27-24-14-23(29-25(31-24)16-7-8-16)22(13-18-15-28-21-6-4-3-5-20(18)21)30-26(32)17-9-11-19(33-2)12-10-17/h3-6,14-17,19,22,28H,7-13H2,1-2H3,(H,30,32)(H,27,29,31)/t17?,19?,22-/m1/s1. The minimum atomic E-state index is -0.218. The Kier molecular flexibility index (Phi) is 6.31. The molecule has 7 heteroatoms. The van der Waals surface area contributed by atoms with Crippen molar-refractivity contribution in [3.63, 3.8) is 0 Å². The lowest BCUT2D eigenvalue weighted by molar-refractivity contribution is -0.127. The van der Waals surface area contributed by atoms with Crippen molar-refractivity contribution in [1.82, 2.24) is 20.3 Å². The molecule has 2 saturated carbocycles. The molecule has 7 nitrogen and oxygen atoms in total. The number of nitrogens with one attached hydrogen (secondary N) is 3. The molecule has 0 aliphatic heterocycles. The third-order valence-electron chi connectivity index (χ3n) is 7.11. The van der Waals surface area contributed by atoms with E-state index in [0.717, 1.165) is 61.4 Å². The maximum absolute atomic E-state index is 13.3. The zero-order chi connectivity index (χ0) is 22.8. The van der Waals surface area contributed by atoms with Crippen LogP contribution in [0.2, 0.25) is 0 Å². The van der Waals surface area contributed by atoms with E-state index in [4.69, 9.17) is 9.72 Å². The molecule has 2 aliphatic carbocycles. The Labute approximate surface area is 194 Å². The number of H-pyrrole nitrogens is 1. The highest BCUT2D eigenvalue weighted by Crippen LogP contribution is 2.39. The lowest BCUT2D eigenvalue weighted by atomic mass is 9.86. The van der Waals surface area contributed by atoms with Gasteiger partial charge in [-0.15, -0.1) is 0 Å². The Morgan fingerprint density at radius 2 is 1.94 bits per heavy atom. The van der Waals surface area contributed by atoms with Gasteiger partial charge in [0.2, 0.25) is 5.91 Å². The second-order valence-corrected chi connectivity index (χ2v) is 9.39. The van der Waals surface area contributed by atoms with Crippen molar-refractivity contribution in [2.45, 2.75) is 63.0 Å². The molecular formula is C26H33N5O2. The normalized spacial score (nSPS) is 21.6. The van der Waals surface area contributed by atoms with Gasteiger partial charge in [-0.25, -0.2) is 9.97 Å². The molecule has 3 N–H and O–H groups in total. The molecule has 3 aromatic rings. The fraction of sp³-hybridized carbons (Fsp3) is 0.500. The van der Waals surface area contributed by atoms with E-state index in [2.05, 4.69) is 45.0 Å². The number of hydrogen-bond donors (Lipinski definition) is 3. The summed E-state index contributed by atoms with van der Waals surface area (Å²) in [5.74, 6) is 2.27. The summed E-state index contributed by atoms with van der Waals surface area (Å²) in [7, 11) is 3.64. The maximum atomic E-state index is 13.3. The molecule has 33 heavy (non-hydrogen) atoms. The number of nitrogens with zero attached hydrogens (tertiary/aromatic N) is 2. The van der Waals surface area contributed by atoms with Crippen LogP contribution in [0.3, 0.4) is 0 Å². The lowest BCUT2D eigenvalue weighted by Crippen LogP contribution is -2.38. The number of methoxy groups -OCH3 is 1. The van der Waals surface area contributed by atoms with Gasteiger partial charge in [-0.2, -0.15) is 0 Å². The van der Waals surface area contributed by atoms with E-state index in [0.29, 0.717) is 12.3 Å². The van der Waals surface area contributed by atoms with Crippen molar-refractivity contribution in [2.24, 2.45) is 5.92 Å². The quantitative estimate of drug-likeness (QED) is 0.473. The van der Waals surface area contributed by atoms with Crippen molar-refractivity contribution < 1.29 is 9.53 Å². The van der Waals surface area contributed by atoms with Crippen LogP contribution in [0.4, 0.5) is 5.82 Å². The molecule has 1 aromatic carbocycles. The predicted molar refractivity (Wildman–Crippen MR) is 129 cm³/mol. The minimum Gasteiger partial charge on any atom is -0.381 e. The molecule has 0 saturated heterocycles. The van der Waals surface area contributed by atoms with E-state index in [9.17, 15) is 4.79 Å². The van der Waals surface area contributed by atoms with Gasteiger partial charge in [0, 0.05) is 55.6 Å². The van der Waals surface area contributed by atoms with Crippen molar-refractivity contribution in [2.75, 3.05) is 19.5 Å². The van der Waals surface area contributed by atoms with Crippen molar-refractivity contribution >= 4 is 22.6 Å². The van der Waals surface area contributed by atoms with Gasteiger partial charge < -0.3 is 20.4 Å². The average Bonchev–Trinajstić information content (AvgIpc) is 3.64. The molecule has 0 radical (unpaired) electrons. The molecule has 0 spiro atoms. The SMILES string of the molecule is CNc1cc([C@@H](Cc2c[nH]c3ccccc23)NC(=O)C2CCC(OC)CC2)nc(C2CC2)n1. The number of fused-ring (bicyclic) bond motifs is 1. The van der Waals surface area contributed by atoms with Gasteiger partial charge in [0.05, 0.1) is 17.8 Å². The van der Waals surface area contributed by atoms with Crippen LogP contribution in [0.15, 0.2) is 36.5 Å². The minimum absolute atomic E-state index is 0.0235. The molecule has 1 amide bonds. The molecule has 0 unspecified atom stereocenters. The van der Waals surface area contributed by atoms with Crippen LogP contribution in [0.25, 0.3) is 10.9 Å². The van der Waals surface area contributed by atoms with E-state index in [-0.39, 0.29) is 24.0 Å². The Morgan fingerprint density at radius 3 is 2.67 bits per heavy atom. The Hall–Kier alpha value is -2.93. The highest BCUT2D eigenvalue weighted by atomic mass is 16.5. The second-order valence-electron chi connectivity index (χ2n) is 9.39. The topological polar surface area (TPSA) is 91.9 Å². The van der Waals surface area contributed by atoms with Crippen molar-refractivity contribution in [3.8, 4) is 0 Å². The number of benzene rings is 1. The molecule has 2 aliphatic rings. The fourth-order valence-corrected chi connectivity index (χ4v) is 4.92. The molecule has 2 fully saturated rings. The number of hydrogen-bond acceptors (Lipinski definition) is 5. The lowest BCUT2D eigenvalue weighted by Gasteiger charge is -2.28. The molecule has 1 atom stereocenters. The number of amides is 1. The monoisotopic (exact) mass is 447 g/mol. The number of anilines is 1. The van der Waals surface area contributed by atoms with E-state index in [1.54, 1.807) is 7.11 Å². The number of rotatable bonds is 8. The zero-order valence-electron chi connectivity index (χ0n) is 19.4. The largest absolute Gasteiger partial charge is 0.381 e. The van der Waals surface area contributed by atoms with E-state index < -0.39 is 0 Å². The Bertz CT molecular complexity index is 1110. The first-order valence-corrected chi connectivity index (χ1v) is 12.1. The van der Waals surface area contributed by atoms with Crippen molar-refractivity contribution in [3.05, 3.63) is 53.6 Å². The Morgan fingerprint density at radius 1 is 1.15 bits per heavy atom. The highest BCUT2D eigenvalue weighted by Gasteiger charge is 2.31. The summed E-state index contributed by atoms with van der Waals surface area (Å²) in [5, 5.41) is 7.73. The van der Waals surface area contributed by atoms with Gasteiger partial charge in [0.25, 0.3) is 0 Å². The van der Waals surface area contributed by atoms with Gasteiger partial charge in [0.15, 0.2) is 0 Å². The number of para-hydroxylation sites is 1. The molecule has 0 bridgehead atoms. The van der Waals surface area contributed by atoms with Gasteiger partial charge in [-0.05, 0) is 50.2 Å². The first kappa shape index (κ1) is 21.9. The molecule has 174 valence electrons. The Balaban J connectivity index is 1.43. The number of carbonyl (C=O) groups excluding carboxylic acids is 1. The van der Waals surface area contributed by atoms with Crippen LogP contribution in [0.5, 0.6) is 0 Å². The first-order chi connectivity index (χ1) is 16.1. The summed E-state index contributed by atoms with van der Waals surface area (Å²) >= 11 is 0. The summed E-state index contributed by atoms with van der Waals surface area (Å²) in [5.41, 5.74) is 3.16. The van der Waals surface area contributed by atoms with Gasteiger partial charge in [-0.1, -0.05) is 18.2 Å². The summed E-state index contributed by atoms with van der Waals surface area (Å²) in [4.78, 5) is 26.3. The highest BCUT2D eigenvalue weighted by molar-refractivity contribution is 5.83. The van der Waals surface area contributed by atoms with E-state index in [1.807, 2.05) is 19.2 Å².